The zero-order valence-electron chi connectivity index (χ0n) is 6.86. The van der Waals surface area contributed by atoms with Crippen molar-refractivity contribution in [3.05, 3.63) is 0 Å². The van der Waals surface area contributed by atoms with Crippen molar-refractivity contribution in [2.24, 2.45) is 4.99 Å². The lowest BCUT2D eigenvalue weighted by Gasteiger charge is -2.27. The molecule has 5 nitrogen and oxygen atoms in total. The fraction of sp³-hybridized carbons (Fsp3) is 0.571. The normalized spacial score (nSPS) is 23.7. The summed E-state index contributed by atoms with van der Waals surface area (Å²) in [5, 5.41) is 0.0415. The van der Waals surface area contributed by atoms with Gasteiger partial charge in [-0.3, -0.25) is 9.59 Å². The third-order valence-electron chi connectivity index (χ3n) is 1.84. The van der Waals surface area contributed by atoms with E-state index in [4.69, 9.17) is 4.74 Å². The van der Waals surface area contributed by atoms with Crippen molar-refractivity contribution >= 4 is 28.0 Å². The van der Waals surface area contributed by atoms with Gasteiger partial charge in [-0.15, -0.1) is 0 Å². The van der Waals surface area contributed by atoms with Crippen LogP contribution in [0.2, 0.25) is 0 Å². The SMILES string of the molecule is O=C1N=C(N2CCOCC2)SC1=O. The summed E-state index contributed by atoms with van der Waals surface area (Å²) >= 11 is 0.912. The summed E-state index contributed by atoms with van der Waals surface area (Å²) in [6.07, 6.45) is 0. The van der Waals surface area contributed by atoms with Crippen molar-refractivity contribution in [3.63, 3.8) is 0 Å². The van der Waals surface area contributed by atoms with Gasteiger partial charge in [0.25, 0.3) is 5.12 Å². The highest BCUT2D eigenvalue weighted by Crippen LogP contribution is 2.18. The number of amides is 1. The Morgan fingerprint density at radius 1 is 1.31 bits per heavy atom. The predicted molar refractivity (Wildman–Crippen MR) is 47.4 cm³/mol. The Morgan fingerprint density at radius 2 is 2.00 bits per heavy atom. The van der Waals surface area contributed by atoms with Gasteiger partial charge in [0.15, 0.2) is 5.17 Å². The lowest BCUT2D eigenvalue weighted by Crippen LogP contribution is -2.38. The fourth-order valence-electron chi connectivity index (χ4n) is 1.17. The molecular weight excluding hydrogens is 192 g/mol. The molecule has 1 fully saturated rings. The van der Waals surface area contributed by atoms with Crippen molar-refractivity contribution in [1.82, 2.24) is 4.90 Å². The van der Waals surface area contributed by atoms with Gasteiger partial charge in [-0.1, -0.05) is 0 Å². The summed E-state index contributed by atoms with van der Waals surface area (Å²) in [5.74, 6) is -0.647. The highest BCUT2D eigenvalue weighted by Gasteiger charge is 2.29. The number of hydrogen-bond acceptors (Lipinski definition) is 5. The van der Waals surface area contributed by atoms with E-state index in [0.717, 1.165) is 11.8 Å². The number of aliphatic imine (C=N–C) groups is 1. The summed E-state index contributed by atoms with van der Waals surface area (Å²) in [7, 11) is 0. The average Bonchev–Trinajstić information content (AvgIpc) is 2.49. The molecule has 0 saturated carbocycles. The lowest BCUT2D eigenvalue weighted by atomic mass is 10.5. The molecule has 6 heteroatoms. The van der Waals surface area contributed by atoms with Crippen LogP contribution in [0.3, 0.4) is 0 Å². The molecule has 70 valence electrons. The number of ether oxygens (including phenoxy) is 1. The van der Waals surface area contributed by atoms with Gasteiger partial charge < -0.3 is 9.64 Å². The molecule has 0 unspecified atom stereocenters. The number of carbonyl (C=O) groups is 2. The van der Waals surface area contributed by atoms with Gasteiger partial charge in [-0.05, 0) is 11.8 Å². The van der Waals surface area contributed by atoms with Crippen LogP contribution >= 0.6 is 11.8 Å². The molecule has 2 aliphatic rings. The molecule has 1 saturated heterocycles. The van der Waals surface area contributed by atoms with E-state index in [1.807, 2.05) is 4.90 Å². The zero-order chi connectivity index (χ0) is 9.26. The highest BCUT2D eigenvalue weighted by molar-refractivity contribution is 8.28. The van der Waals surface area contributed by atoms with Crippen molar-refractivity contribution in [2.75, 3.05) is 26.3 Å². The largest absolute Gasteiger partial charge is 0.378 e. The fourth-order valence-corrected chi connectivity index (χ4v) is 1.91. The first-order valence-corrected chi connectivity index (χ1v) is 4.76. The van der Waals surface area contributed by atoms with Gasteiger partial charge in [0, 0.05) is 13.1 Å². The van der Waals surface area contributed by atoms with E-state index in [0.29, 0.717) is 31.5 Å². The monoisotopic (exact) mass is 200 g/mol. The number of hydrogen-bond donors (Lipinski definition) is 0. The summed E-state index contributed by atoms with van der Waals surface area (Å²) in [5.41, 5.74) is 0. The summed E-state index contributed by atoms with van der Waals surface area (Å²) < 4.78 is 5.14. The summed E-state index contributed by atoms with van der Waals surface area (Å²) in [6, 6.07) is 0. The molecule has 0 aliphatic carbocycles. The van der Waals surface area contributed by atoms with Crippen molar-refractivity contribution in [1.29, 1.82) is 0 Å². The van der Waals surface area contributed by atoms with Crippen LogP contribution in [0.25, 0.3) is 0 Å². The molecular formula is C7H8N2O3S. The second-order valence-electron chi connectivity index (χ2n) is 2.69. The van der Waals surface area contributed by atoms with Crippen LogP contribution in [-0.4, -0.2) is 47.4 Å². The number of morpholine rings is 1. The number of amidine groups is 1. The number of nitrogens with zero attached hydrogens (tertiary/aromatic N) is 2. The third-order valence-corrected chi connectivity index (χ3v) is 2.73. The van der Waals surface area contributed by atoms with E-state index in [2.05, 4.69) is 4.99 Å². The van der Waals surface area contributed by atoms with E-state index in [1.165, 1.54) is 0 Å². The lowest BCUT2D eigenvalue weighted by molar-refractivity contribution is -0.130. The van der Waals surface area contributed by atoms with E-state index < -0.39 is 11.0 Å². The maximum absolute atomic E-state index is 10.9. The third kappa shape index (κ3) is 1.73. The van der Waals surface area contributed by atoms with Crippen molar-refractivity contribution < 1.29 is 14.3 Å². The zero-order valence-corrected chi connectivity index (χ0v) is 7.67. The van der Waals surface area contributed by atoms with Crippen LogP contribution in [0.15, 0.2) is 4.99 Å². The van der Waals surface area contributed by atoms with Crippen LogP contribution in [0, 0.1) is 0 Å². The molecule has 2 rings (SSSR count). The van der Waals surface area contributed by atoms with Gasteiger partial charge in [-0.25, -0.2) is 0 Å². The standard InChI is InChI=1S/C7H8N2O3S/c10-5-6(11)13-7(8-5)9-1-3-12-4-2-9/h1-4H2. The van der Waals surface area contributed by atoms with Gasteiger partial charge in [0.05, 0.1) is 13.2 Å². The molecule has 2 heterocycles. The smallest absolute Gasteiger partial charge is 0.327 e. The van der Waals surface area contributed by atoms with Crippen LogP contribution < -0.4 is 0 Å². The van der Waals surface area contributed by atoms with Crippen molar-refractivity contribution in [3.8, 4) is 0 Å². The van der Waals surface area contributed by atoms with Crippen molar-refractivity contribution in [2.45, 2.75) is 0 Å². The molecule has 0 aromatic heterocycles. The summed E-state index contributed by atoms with van der Waals surface area (Å²) in [6.45, 7) is 2.66. The molecule has 0 bridgehead atoms. The number of carbonyl (C=O) groups excluding carboxylic acids is 2. The Labute approximate surface area is 79.1 Å². The Kier molecular flexibility index (Phi) is 2.32. The Morgan fingerprint density at radius 3 is 2.54 bits per heavy atom. The molecule has 0 radical (unpaired) electrons. The summed E-state index contributed by atoms with van der Waals surface area (Å²) in [4.78, 5) is 27.2. The first-order chi connectivity index (χ1) is 6.27. The number of rotatable bonds is 0. The molecule has 13 heavy (non-hydrogen) atoms. The van der Waals surface area contributed by atoms with Crippen LogP contribution in [0.4, 0.5) is 0 Å². The van der Waals surface area contributed by atoms with Gasteiger partial charge in [-0.2, -0.15) is 4.99 Å². The number of thioether (sulfide) groups is 1. The minimum atomic E-state index is -0.647. The molecule has 0 aromatic carbocycles. The highest BCUT2D eigenvalue weighted by atomic mass is 32.2. The molecule has 2 aliphatic heterocycles. The molecule has 0 atom stereocenters. The van der Waals surface area contributed by atoms with Gasteiger partial charge >= 0.3 is 5.91 Å². The van der Waals surface area contributed by atoms with Crippen LogP contribution in [0.5, 0.6) is 0 Å². The minimum absolute atomic E-state index is 0.485. The maximum atomic E-state index is 10.9. The molecule has 0 spiro atoms. The van der Waals surface area contributed by atoms with E-state index >= 15 is 0 Å². The Hall–Kier alpha value is -0.880. The quantitative estimate of drug-likeness (QED) is 0.492. The Bertz CT molecular complexity index is 283. The molecule has 0 N–H and O–H groups in total. The van der Waals surface area contributed by atoms with Crippen LogP contribution in [0.1, 0.15) is 0 Å². The van der Waals surface area contributed by atoms with E-state index in [9.17, 15) is 9.59 Å². The second kappa shape index (κ2) is 3.47. The van der Waals surface area contributed by atoms with Gasteiger partial charge in [0.1, 0.15) is 0 Å². The topological polar surface area (TPSA) is 59.0 Å². The van der Waals surface area contributed by atoms with Gasteiger partial charge in [0.2, 0.25) is 0 Å². The maximum Gasteiger partial charge on any atom is 0.327 e. The second-order valence-corrected chi connectivity index (χ2v) is 3.63. The predicted octanol–water partition coefficient (Wildman–Crippen LogP) is -0.525. The van der Waals surface area contributed by atoms with E-state index in [1.54, 1.807) is 0 Å². The first kappa shape index (κ1) is 8.71. The molecule has 0 aromatic rings. The van der Waals surface area contributed by atoms with E-state index in [-0.39, 0.29) is 0 Å². The Balaban J connectivity index is 2.05. The minimum Gasteiger partial charge on any atom is -0.378 e. The average molecular weight is 200 g/mol. The molecule has 1 amide bonds. The first-order valence-electron chi connectivity index (χ1n) is 3.95. The van der Waals surface area contributed by atoms with Crippen LogP contribution in [-0.2, 0) is 14.3 Å².